The Labute approximate surface area is 270 Å². The Balaban J connectivity index is 1.20. The highest BCUT2D eigenvalue weighted by Gasteiger charge is 2.38. The molecular weight excluding hydrogens is 576 g/mol. The largest absolute Gasteiger partial charge is 0.456 e. The summed E-state index contributed by atoms with van der Waals surface area (Å²) in [5.41, 5.74) is 11.0. The second-order valence-electron chi connectivity index (χ2n) is 13.0. The first kappa shape index (κ1) is 26.2. The van der Waals surface area contributed by atoms with Crippen LogP contribution in [-0.2, 0) is 5.41 Å². The van der Waals surface area contributed by atoms with Crippen LogP contribution in [0.15, 0.2) is 132 Å². The van der Waals surface area contributed by atoms with Crippen molar-refractivity contribution in [1.29, 1.82) is 0 Å². The third kappa shape index (κ3) is 3.80. The molecule has 0 saturated heterocycles. The van der Waals surface area contributed by atoms with Gasteiger partial charge in [0.15, 0.2) is 11.6 Å². The lowest BCUT2D eigenvalue weighted by Crippen LogP contribution is -2.31. The Morgan fingerprint density at radius 3 is 2.36 bits per heavy atom. The third-order valence-electron chi connectivity index (χ3n) is 9.78. The van der Waals surface area contributed by atoms with E-state index in [0.29, 0.717) is 17.6 Å². The van der Waals surface area contributed by atoms with Gasteiger partial charge in [0, 0.05) is 45.3 Å². The minimum atomic E-state index is -0.194. The summed E-state index contributed by atoms with van der Waals surface area (Å²) in [5.74, 6) is 1.78. The summed E-state index contributed by atoms with van der Waals surface area (Å²) in [7, 11) is 0. The quantitative estimate of drug-likeness (QED) is 0.204. The summed E-state index contributed by atoms with van der Waals surface area (Å²) in [4.78, 5) is 15.2. The second kappa shape index (κ2) is 9.47. The lowest BCUT2D eigenvalue weighted by atomic mass is 9.70. The van der Waals surface area contributed by atoms with Crippen LogP contribution in [0.2, 0.25) is 0 Å². The predicted molar refractivity (Wildman–Crippen MR) is 188 cm³/mol. The minimum Gasteiger partial charge on any atom is -0.456 e. The van der Waals surface area contributed by atoms with Crippen LogP contribution in [0.5, 0.6) is 0 Å². The summed E-state index contributed by atoms with van der Waals surface area (Å²) in [5, 5.41) is 4.65. The van der Waals surface area contributed by atoms with Gasteiger partial charge in [-0.15, -0.1) is 0 Å². The summed E-state index contributed by atoms with van der Waals surface area (Å²) < 4.78 is 8.27. The highest BCUT2D eigenvalue weighted by atomic mass is 16.3. The second-order valence-corrected chi connectivity index (χ2v) is 13.0. The molecule has 3 heterocycles. The van der Waals surface area contributed by atoms with E-state index in [1.54, 1.807) is 0 Å². The van der Waals surface area contributed by atoms with Gasteiger partial charge in [0.25, 0.3) is 0 Å². The van der Waals surface area contributed by atoms with Gasteiger partial charge in [-0.2, -0.15) is 9.97 Å². The van der Waals surface area contributed by atoms with Crippen LogP contribution in [0.4, 0.5) is 0 Å². The first-order valence-electron chi connectivity index (χ1n) is 15.9. The van der Waals surface area contributed by atoms with E-state index in [1.807, 2.05) is 65.2 Å². The first-order chi connectivity index (χ1) is 23.0. The van der Waals surface area contributed by atoms with Crippen molar-refractivity contribution in [2.24, 2.45) is 0 Å². The number of para-hydroxylation sites is 1. The molecule has 0 amide bonds. The molecule has 5 nitrogen and oxygen atoms in total. The van der Waals surface area contributed by atoms with Crippen LogP contribution < -0.4 is 10.4 Å². The lowest BCUT2D eigenvalue weighted by molar-refractivity contribution is 0.669. The van der Waals surface area contributed by atoms with E-state index < -0.39 is 0 Å². The SMILES string of the molecule is CC1(C)C2=c3ccccc3=CC2=Cc2cc3ccn(-c4nc(-c5ccccc5)nc(-c5cccc6oc7ccccc7c56)n4)cc-3c21. The minimum absolute atomic E-state index is 0.194. The van der Waals surface area contributed by atoms with Crippen molar-refractivity contribution in [2.45, 2.75) is 19.3 Å². The summed E-state index contributed by atoms with van der Waals surface area (Å²) in [6.07, 6.45) is 8.94. The third-order valence-corrected chi connectivity index (χ3v) is 9.78. The molecule has 0 saturated carbocycles. The zero-order valence-corrected chi connectivity index (χ0v) is 25.9. The molecule has 0 spiro atoms. The maximum absolute atomic E-state index is 6.22. The molecule has 4 aliphatic rings. The molecule has 0 radical (unpaired) electrons. The first-order valence-corrected chi connectivity index (χ1v) is 15.9. The van der Waals surface area contributed by atoms with E-state index in [4.69, 9.17) is 19.4 Å². The van der Waals surface area contributed by atoms with E-state index in [2.05, 4.69) is 86.9 Å². The molecule has 10 rings (SSSR count). The standard InChI is InChI=1S/C42H28N4O/c1-42(2)37-28(21-26-13-6-7-14-30(26)37)23-29-22-27-19-20-46(24-33(27)38(29)42)41-44-39(25-11-4-3-5-12-25)43-40(45-41)32-16-10-18-35-36(32)31-15-8-9-17-34(31)47-35/h3-24H,1-2H3. The van der Waals surface area contributed by atoms with Crippen LogP contribution in [0, 0.1) is 0 Å². The molecule has 6 aromatic rings. The van der Waals surface area contributed by atoms with Gasteiger partial charge < -0.3 is 4.42 Å². The molecule has 222 valence electrons. The van der Waals surface area contributed by atoms with E-state index in [9.17, 15) is 0 Å². The molecule has 0 bridgehead atoms. The van der Waals surface area contributed by atoms with Crippen molar-refractivity contribution in [1.82, 2.24) is 19.5 Å². The Hall–Kier alpha value is -6.07. The van der Waals surface area contributed by atoms with Gasteiger partial charge >= 0.3 is 0 Å². The number of hydrogen-bond donors (Lipinski definition) is 0. The van der Waals surface area contributed by atoms with Crippen LogP contribution >= 0.6 is 0 Å². The number of pyridine rings is 1. The molecule has 47 heavy (non-hydrogen) atoms. The topological polar surface area (TPSA) is 56.7 Å². The van der Waals surface area contributed by atoms with Gasteiger partial charge in [0.2, 0.25) is 5.95 Å². The lowest BCUT2D eigenvalue weighted by Gasteiger charge is -2.33. The van der Waals surface area contributed by atoms with Crippen molar-refractivity contribution in [2.75, 3.05) is 0 Å². The molecule has 4 aromatic carbocycles. The Morgan fingerprint density at radius 2 is 1.45 bits per heavy atom. The number of benzene rings is 4. The van der Waals surface area contributed by atoms with Crippen molar-refractivity contribution in [3.63, 3.8) is 0 Å². The molecule has 3 aliphatic carbocycles. The average molecular weight is 605 g/mol. The van der Waals surface area contributed by atoms with E-state index in [0.717, 1.165) is 33.1 Å². The number of hydrogen-bond acceptors (Lipinski definition) is 4. The van der Waals surface area contributed by atoms with Gasteiger partial charge in [0.05, 0.1) is 0 Å². The number of nitrogens with zero attached hydrogens (tertiary/aromatic N) is 4. The molecule has 0 atom stereocenters. The maximum Gasteiger partial charge on any atom is 0.237 e. The number of rotatable bonds is 3. The smallest absolute Gasteiger partial charge is 0.237 e. The van der Waals surface area contributed by atoms with E-state index in [1.165, 1.54) is 43.8 Å². The van der Waals surface area contributed by atoms with Crippen LogP contribution in [0.25, 0.3) is 79.5 Å². The molecule has 0 unspecified atom stereocenters. The Morgan fingerprint density at radius 1 is 0.660 bits per heavy atom. The van der Waals surface area contributed by atoms with Crippen molar-refractivity contribution in [3.8, 4) is 39.9 Å². The average Bonchev–Trinajstić information content (AvgIpc) is 3.79. The molecule has 0 fully saturated rings. The van der Waals surface area contributed by atoms with E-state index in [-0.39, 0.29) is 5.41 Å². The maximum atomic E-state index is 6.22. The molecule has 0 N–H and O–H groups in total. The summed E-state index contributed by atoms with van der Waals surface area (Å²) in [6, 6.07) is 37.5. The number of aromatic nitrogens is 4. The normalized spacial score (nSPS) is 14.6. The van der Waals surface area contributed by atoms with Gasteiger partial charge in [0.1, 0.15) is 11.2 Å². The predicted octanol–water partition coefficient (Wildman–Crippen LogP) is 8.32. The fourth-order valence-electron chi connectivity index (χ4n) is 7.80. The molecular formula is C42H28N4O. The van der Waals surface area contributed by atoms with Crippen molar-refractivity contribution < 1.29 is 4.42 Å². The van der Waals surface area contributed by atoms with Crippen molar-refractivity contribution in [3.05, 3.63) is 149 Å². The van der Waals surface area contributed by atoms with Gasteiger partial charge in [-0.1, -0.05) is 98.8 Å². The molecule has 5 heteroatoms. The van der Waals surface area contributed by atoms with Gasteiger partial charge in [-0.05, 0) is 74.7 Å². The van der Waals surface area contributed by atoms with Gasteiger partial charge in [-0.25, -0.2) is 4.98 Å². The van der Waals surface area contributed by atoms with Crippen molar-refractivity contribution >= 4 is 39.7 Å². The summed E-state index contributed by atoms with van der Waals surface area (Å²) >= 11 is 0. The van der Waals surface area contributed by atoms with Crippen LogP contribution in [0.3, 0.4) is 0 Å². The Bertz CT molecular complexity index is 2710. The zero-order chi connectivity index (χ0) is 31.3. The number of furan rings is 1. The summed E-state index contributed by atoms with van der Waals surface area (Å²) in [6.45, 7) is 4.71. The molecule has 1 aliphatic heterocycles. The molecule has 2 aromatic heterocycles. The van der Waals surface area contributed by atoms with Crippen LogP contribution in [0.1, 0.15) is 25.0 Å². The Kier molecular flexibility index (Phi) is 5.28. The fraction of sp³-hybridized carbons (Fsp3) is 0.0714. The zero-order valence-electron chi connectivity index (χ0n) is 25.9. The number of allylic oxidation sites excluding steroid dienone is 1. The monoisotopic (exact) mass is 604 g/mol. The van der Waals surface area contributed by atoms with Crippen LogP contribution in [-0.4, -0.2) is 19.5 Å². The van der Waals surface area contributed by atoms with E-state index >= 15 is 0 Å². The fourth-order valence-corrected chi connectivity index (χ4v) is 7.80. The van der Waals surface area contributed by atoms with Gasteiger partial charge in [-0.3, -0.25) is 4.57 Å². The number of fused-ring (bicyclic) bond motifs is 8. The highest BCUT2D eigenvalue weighted by molar-refractivity contribution is 6.11. The highest BCUT2D eigenvalue weighted by Crippen LogP contribution is 2.50.